The van der Waals surface area contributed by atoms with E-state index < -0.39 is 5.97 Å². The maximum absolute atomic E-state index is 12.5. The maximum atomic E-state index is 12.5. The van der Waals surface area contributed by atoms with Crippen molar-refractivity contribution in [3.63, 3.8) is 0 Å². The summed E-state index contributed by atoms with van der Waals surface area (Å²) in [5.74, 6) is -1.08. The van der Waals surface area contributed by atoms with E-state index in [9.17, 15) is 14.7 Å². The molecule has 1 aliphatic rings. The Morgan fingerprint density at radius 2 is 2.20 bits per heavy atom. The highest BCUT2D eigenvalue weighted by Crippen LogP contribution is 2.33. The van der Waals surface area contributed by atoms with Crippen molar-refractivity contribution in [3.05, 3.63) is 27.1 Å². The normalized spacial score (nSPS) is 14.4. The van der Waals surface area contributed by atoms with Gasteiger partial charge in [-0.2, -0.15) is 0 Å². The van der Waals surface area contributed by atoms with Crippen molar-refractivity contribution >= 4 is 27.5 Å². The molecule has 106 valence electrons. The minimum absolute atomic E-state index is 0.0345. The first-order valence-corrected chi connectivity index (χ1v) is 7.68. The van der Waals surface area contributed by atoms with Gasteiger partial charge in [-0.1, -0.05) is 0 Å². The molecule has 1 aliphatic carbocycles. The summed E-state index contributed by atoms with van der Waals surface area (Å²) >= 11 is 1.62. The van der Waals surface area contributed by atoms with Crippen LogP contribution in [-0.4, -0.2) is 15.5 Å². The number of fused-ring (bicyclic) bond motifs is 3. The van der Waals surface area contributed by atoms with E-state index in [0.717, 1.165) is 29.5 Å². The van der Waals surface area contributed by atoms with Gasteiger partial charge in [-0.25, -0.2) is 4.98 Å². The minimum atomic E-state index is -1.08. The van der Waals surface area contributed by atoms with Gasteiger partial charge in [0.1, 0.15) is 4.83 Å². The molecular formula is C14H15N2O3S-. The van der Waals surface area contributed by atoms with E-state index in [1.165, 1.54) is 27.8 Å². The van der Waals surface area contributed by atoms with E-state index in [4.69, 9.17) is 0 Å². The van der Waals surface area contributed by atoms with Crippen LogP contribution in [-0.2, 0) is 24.2 Å². The molecule has 0 atom stereocenters. The van der Waals surface area contributed by atoms with Crippen molar-refractivity contribution in [1.82, 2.24) is 9.55 Å². The molecule has 0 N–H and O–H groups in total. The van der Waals surface area contributed by atoms with Crippen LogP contribution in [0.3, 0.4) is 0 Å². The van der Waals surface area contributed by atoms with Crippen LogP contribution >= 0.6 is 11.3 Å². The van der Waals surface area contributed by atoms with Crippen LogP contribution in [0.1, 0.15) is 36.1 Å². The molecule has 2 aromatic rings. The highest BCUT2D eigenvalue weighted by molar-refractivity contribution is 7.18. The van der Waals surface area contributed by atoms with Crippen molar-refractivity contribution in [2.75, 3.05) is 0 Å². The highest BCUT2D eigenvalue weighted by atomic mass is 32.1. The van der Waals surface area contributed by atoms with Crippen molar-refractivity contribution in [2.24, 2.45) is 0 Å². The van der Waals surface area contributed by atoms with E-state index in [-0.39, 0.29) is 12.0 Å². The zero-order valence-electron chi connectivity index (χ0n) is 11.1. The highest BCUT2D eigenvalue weighted by Gasteiger charge is 2.19. The third kappa shape index (κ3) is 2.35. The van der Waals surface area contributed by atoms with Crippen LogP contribution in [0.4, 0.5) is 0 Å². The quantitative estimate of drug-likeness (QED) is 0.837. The number of rotatable bonds is 4. The number of thiophene rings is 1. The predicted molar refractivity (Wildman–Crippen MR) is 74.8 cm³/mol. The van der Waals surface area contributed by atoms with Gasteiger partial charge >= 0.3 is 0 Å². The molecule has 20 heavy (non-hydrogen) atoms. The van der Waals surface area contributed by atoms with Crippen molar-refractivity contribution in [2.45, 2.75) is 45.1 Å². The standard InChI is InChI=1S/C14H16N2O3S/c17-11(18)6-3-7-16-8-15-13-12(14(16)19)9-4-1-2-5-10(9)20-13/h8H,1-7H2,(H,17,18)/p-1. The Balaban J connectivity index is 1.97. The third-order valence-electron chi connectivity index (χ3n) is 3.72. The summed E-state index contributed by atoms with van der Waals surface area (Å²) in [5.41, 5.74) is 1.13. The van der Waals surface area contributed by atoms with Gasteiger partial charge in [0.15, 0.2) is 0 Å². The lowest BCUT2D eigenvalue weighted by molar-refractivity contribution is -0.305. The molecule has 5 nitrogen and oxygen atoms in total. The number of nitrogens with zero attached hydrogens (tertiary/aromatic N) is 2. The molecule has 0 aromatic carbocycles. The lowest BCUT2D eigenvalue weighted by atomic mass is 9.97. The Kier molecular flexibility index (Phi) is 3.56. The van der Waals surface area contributed by atoms with Gasteiger partial charge in [0.2, 0.25) is 0 Å². The van der Waals surface area contributed by atoms with Crippen LogP contribution in [0.15, 0.2) is 11.1 Å². The molecular weight excluding hydrogens is 276 g/mol. The summed E-state index contributed by atoms with van der Waals surface area (Å²) in [4.78, 5) is 29.4. The molecule has 0 bridgehead atoms. The second-order valence-corrected chi connectivity index (χ2v) is 6.19. The molecule has 0 aliphatic heterocycles. The predicted octanol–water partition coefficient (Wildman–Crippen LogP) is 0.867. The molecule has 0 saturated heterocycles. The summed E-state index contributed by atoms with van der Waals surface area (Å²) in [7, 11) is 0. The largest absolute Gasteiger partial charge is 0.550 e. The number of aliphatic carboxylic acids is 1. The molecule has 6 heteroatoms. The van der Waals surface area contributed by atoms with E-state index in [1.807, 2.05) is 0 Å². The molecule has 2 heterocycles. The first-order valence-electron chi connectivity index (χ1n) is 6.86. The first kappa shape index (κ1) is 13.3. The molecule has 0 radical (unpaired) electrons. The van der Waals surface area contributed by atoms with Crippen LogP contribution < -0.4 is 10.7 Å². The topological polar surface area (TPSA) is 75.0 Å². The van der Waals surface area contributed by atoms with E-state index in [1.54, 1.807) is 11.3 Å². The Labute approximate surface area is 119 Å². The third-order valence-corrected chi connectivity index (χ3v) is 4.92. The number of carboxylic acid groups (broad SMARTS) is 1. The van der Waals surface area contributed by atoms with E-state index in [2.05, 4.69) is 4.98 Å². The minimum Gasteiger partial charge on any atom is -0.550 e. The number of carbonyl (C=O) groups excluding carboxylic acids is 1. The molecule has 3 rings (SSSR count). The van der Waals surface area contributed by atoms with Crippen LogP contribution in [0.25, 0.3) is 10.2 Å². The van der Waals surface area contributed by atoms with Gasteiger partial charge in [0, 0.05) is 17.4 Å². The van der Waals surface area contributed by atoms with Gasteiger partial charge in [-0.3, -0.25) is 9.36 Å². The number of hydrogen-bond acceptors (Lipinski definition) is 5. The van der Waals surface area contributed by atoms with Gasteiger partial charge in [-0.05, 0) is 44.1 Å². The Hall–Kier alpha value is -1.69. The zero-order valence-corrected chi connectivity index (χ0v) is 11.9. The SMILES string of the molecule is O=C([O-])CCCn1cnc2sc3c(c2c1=O)CCCC3. The molecule has 0 saturated carbocycles. The summed E-state index contributed by atoms with van der Waals surface area (Å²) in [5, 5.41) is 11.2. The van der Waals surface area contributed by atoms with E-state index in [0.29, 0.717) is 13.0 Å². The number of aromatic nitrogens is 2. The monoisotopic (exact) mass is 291 g/mol. The fourth-order valence-electron chi connectivity index (χ4n) is 2.73. The second-order valence-electron chi connectivity index (χ2n) is 5.11. The fourth-order valence-corrected chi connectivity index (χ4v) is 3.95. The molecule has 0 unspecified atom stereocenters. The van der Waals surface area contributed by atoms with Crippen molar-refractivity contribution < 1.29 is 9.90 Å². The van der Waals surface area contributed by atoms with Crippen LogP contribution in [0.5, 0.6) is 0 Å². The van der Waals surface area contributed by atoms with Gasteiger partial charge in [0.05, 0.1) is 11.7 Å². The van der Waals surface area contributed by atoms with E-state index >= 15 is 0 Å². The Morgan fingerprint density at radius 3 is 3.00 bits per heavy atom. The van der Waals surface area contributed by atoms with Crippen molar-refractivity contribution in [3.8, 4) is 0 Å². The lowest BCUT2D eigenvalue weighted by Gasteiger charge is -2.10. The summed E-state index contributed by atoms with van der Waals surface area (Å²) < 4.78 is 1.52. The molecule has 0 spiro atoms. The summed E-state index contributed by atoms with van der Waals surface area (Å²) in [6.45, 7) is 0.375. The molecule has 2 aromatic heterocycles. The first-order chi connectivity index (χ1) is 9.66. The zero-order chi connectivity index (χ0) is 14.1. The number of carboxylic acids is 1. The number of hydrogen-bond donors (Lipinski definition) is 0. The number of carbonyl (C=O) groups is 1. The van der Waals surface area contributed by atoms with Gasteiger partial charge in [-0.15, -0.1) is 11.3 Å². The average molecular weight is 291 g/mol. The summed E-state index contributed by atoms with van der Waals surface area (Å²) in [6.07, 6.45) is 6.18. The van der Waals surface area contributed by atoms with Crippen LogP contribution in [0, 0.1) is 0 Å². The molecule has 0 amide bonds. The average Bonchev–Trinajstić information content (AvgIpc) is 2.80. The smallest absolute Gasteiger partial charge is 0.262 e. The maximum Gasteiger partial charge on any atom is 0.262 e. The van der Waals surface area contributed by atoms with Gasteiger partial charge in [0.25, 0.3) is 5.56 Å². The van der Waals surface area contributed by atoms with Gasteiger partial charge < -0.3 is 9.90 Å². The van der Waals surface area contributed by atoms with Crippen molar-refractivity contribution in [1.29, 1.82) is 0 Å². The Morgan fingerprint density at radius 1 is 1.40 bits per heavy atom. The second kappa shape index (κ2) is 5.36. The fraction of sp³-hybridized carbons (Fsp3) is 0.500. The Bertz CT molecular complexity index is 717. The molecule has 0 fully saturated rings. The van der Waals surface area contributed by atoms with Crippen LogP contribution in [0.2, 0.25) is 0 Å². The summed E-state index contributed by atoms with van der Waals surface area (Å²) in [6, 6.07) is 0. The lowest BCUT2D eigenvalue weighted by Crippen LogP contribution is -2.25. The number of aryl methyl sites for hydroxylation is 3.